The first-order valence-electron chi connectivity index (χ1n) is 6.35. The number of hydrogen-bond acceptors (Lipinski definition) is 5. The van der Waals surface area contributed by atoms with Gasteiger partial charge in [0.05, 0.1) is 20.3 Å². The second kappa shape index (κ2) is 6.65. The number of morpholine rings is 1. The maximum Gasteiger partial charge on any atom is 0.339 e. The Morgan fingerprint density at radius 3 is 2.58 bits per heavy atom. The highest BCUT2D eigenvalue weighted by Gasteiger charge is 2.17. The quantitative estimate of drug-likeness (QED) is 0.813. The normalized spacial score (nSPS) is 18.0. The molecule has 1 aliphatic rings. The Morgan fingerprint density at radius 2 is 2.00 bits per heavy atom. The summed E-state index contributed by atoms with van der Waals surface area (Å²) >= 11 is 0. The SMILES string of the molecule is COC(=O)C(O)c1ccc(CN2CCOCC2)cc1. The van der Waals surface area contributed by atoms with E-state index in [4.69, 9.17) is 4.74 Å². The number of carbonyl (C=O) groups excluding carboxylic acids is 1. The zero-order valence-electron chi connectivity index (χ0n) is 11.0. The number of aliphatic hydroxyl groups is 1. The minimum Gasteiger partial charge on any atom is -0.467 e. The van der Waals surface area contributed by atoms with Gasteiger partial charge in [0.25, 0.3) is 0 Å². The topological polar surface area (TPSA) is 59.0 Å². The van der Waals surface area contributed by atoms with Crippen molar-refractivity contribution in [3.63, 3.8) is 0 Å². The lowest BCUT2D eigenvalue weighted by Gasteiger charge is -2.26. The first kappa shape index (κ1) is 14.0. The van der Waals surface area contributed by atoms with Gasteiger partial charge in [-0.15, -0.1) is 0 Å². The molecule has 0 saturated carbocycles. The summed E-state index contributed by atoms with van der Waals surface area (Å²) in [7, 11) is 1.26. The van der Waals surface area contributed by atoms with Crippen LogP contribution in [0.5, 0.6) is 0 Å². The number of carbonyl (C=O) groups is 1. The van der Waals surface area contributed by atoms with Crippen LogP contribution in [-0.4, -0.2) is 49.4 Å². The van der Waals surface area contributed by atoms with Crippen LogP contribution in [0.1, 0.15) is 17.2 Å². The zero-order chi connectivity index (χ0) is 13.7. The molecule has 0 aromatic heterocycles. The highest BCUT2D eigenvalue weighted by Crippen LogP contribution is 2.16. The van der Waals surface area contributed by atoms with Gasteiger partial charge in [-0.05, 0) is 11.1 Å². The van der Waals surface area contributed by atoms with Crippen molar-refractivity contribution in [3.8, 4) is 0 Å². The Bertz CT molecular complexity index is 412. The molecule has 1 atom stereocenters. The van der Waals surface area contributed by atoms with E-state index in [0.717, 1.165) is 38.4 Å². The molecular weight excluding hydrogens is 246 g/mol. The summed E-state index contributed by atoms with van der Waals surface area (Å²) in [5.74, 6) is -0.638. The summed E-state index contributed by atoms with van der Waals surface area (Å²) in [6, 6.07) is 7.38. The van der Waals surface area contributed by atoms with E-state index in [1.807, 2.05) is 12.1 Å². The minimum atomic E-state index is -1.21. The van der Waals surface area contributed by atoms with Crippen molar-refractivity contribution in [2.75, 3.05) is 33.4 Å². The standard InChI is InChI=1S/C14H19NO4/c1-18-14(17)13(16)12-4-2-11(3-5-12)10-15-6-8-19-9-7-15/h2-5,13,16H,6-10H2,1H3. The largest absolute Gasteiger partial charge is 0.467 e. The third-order valence-corrected chi connectivity index (χ3v) is 3.23. The zero-order valence-corrected chi connectivity index (χ0v) is 11.0. The molecule has 104 valence electrons. The molecule has 0 aliphatic carbocycles. The molecule has 5 nitrogen and oxygen atoms in total. The van der Waals surface area contributed by atoms with Crippen LogP contribution in [0.3, 0.4) is 0 Å². The van der Waals surface area contributed by atoms with Crippen molar-refractivity contribution in [1.29, 1.82) is 0 Å². The van der Waals surface area contributed by atoms with Gasteiger partial charge >= 0.3 is 5.97 Å². The summed E-state index contributed by atoms with van der Waals surface area (Å²) in [4.78, 5) is 13.5. The van der Waals surface area contributed by atoms with Gasteiger partial charge in [0.15, 0.2) is 6.10 Å². The molecule has 19 heavy (non-hydrogen) atoms. The molecule has 5 heteroatoms. The van der Waals surface area contributed by atoms with Crippen LogP contribution < -0.4 is 0 Å². The van der Waals surface area contributed by atoms with Crippen molar-refractivity contribution >= 4 is 5.97 Å². The second-order valence-corrected chi connectivity index (χ2v) is 4.56. The van der Waals surface area contributed by atoms with Crippen LogP contribution >= 0.6 is 0 Å². The lowest BCUT2D eigenvalue weighted by atomic mass is 10.1. The average Bonchev–Trinajstić information content (AvgIpc) is 2.47. The molecule has 0 spiro atoms. The Morgan fingerprint density at radius 1 is 1.37 bits per heavy atom. The predicted molar refractivity (Wildman–Crippen MR) is 69.5 cm³/mol. The number of hydrogen-bond donors (Lipinski definition) is 1. The van der Waals surface area contributed by atoms with E-state index in [9.17, 15) is 9.90 Å². The third kappa shape index (κ3) is 3.76. The van der Waals surface area contributed by atoms with Crippen molar-refractivity contribution < 1.29 is 19.4 Å². The summed E-state index contributed by atoms with van der Waals surface area (Å²) in [6.07, 6.45) is -1.21. The monoisotopic (exact) mass is 265 g/mol. The molecular formula is C14H19NO4. The number of ether oxygens (including phenoxy) is 2. The van der Waals surface area contributed by atoms with Gasteiger partial charge in [0.1, 0.15) is 0 Å². The number of rotatable bonds is 4. The molecule has 1 aromatic carbocycles. The maximum absolute atomic E-state index is 11.2. The molecule has 2 rings (SSSR count). The molecule has 1 aliphatic heterocycles. The second-order valence-electron chi connectivity index (χ2n) is 4.56. The van der Waals surface area contributed by atoms with E-state index < -0.39 is 12.1 Å². The third-order valence-electron chi connectivity index (χ3n) is 3.23. The van der Waals surface area contributed by atoms with Crippen LogP contribution in [0.2, 0.25) is 0 Å². The first-order valence-corrected chi connectivity index (χ1v) is 6.35. The van der Waals surface area contributed by atoms with E-state index in [0.29, 0.717) is 5.56 Å². The fourth-order valence-corrected chi connectivity index (χ4v) is 2.07. The van der Waals surface area contributed by atoms with Crippen LogP contribution in [0.4, 0.5) is 0 Å². The molecule has 1 aromatic rings. The fraction of sp³-hybridized carbons (Fsp3) is 0.500. The molecule has 1 N–H and O–H groups in total. The molecule has 0 amide bonds. The first-order chi connectivity index (χ1) is 9.20. The van der Waals surface area contributed by atoms with E-state index >= 15 is 0 Å². The van der Waals surface area contributed by atoms with Crippen LogP contribution in [0.25, 0.3) is 0 Å². The number of nitrogens with zero attached hydrogens (tertiary/aromatic N) is 1. The Labute approximate surface area is 112 Å². The average molecular weight is 265 g/mol. The van der Waals surface area contributed by atoms with E-state index in [-0.39, 0.29) is 0 Å². The molecule has 1 saturated heterocycles. The molecule has 1 unspecified atom stereocenters. The van der Waals surface area contributed by atoms with Crippen molar-refractivity contribution in [2.24, 2.45) is 0 Å². The predicted octanol–water partition coefficient (Wildman–Crippen LogP) is 0.725. The summed E-state index contributed by atoms with van der Waals surface area (Å²) < 4.78 is 9.81. The van der Waals surface area contributed by atoms with Crippen molar-refractivity contribution in [1.82, 2.24) is 4.90 Å². The van der Waals surface area contributed by atoms with Gasteiger partial charge in [-0.1, -0.05) is 24.3 Å². The van der Waals surface area contributed by atoms with Crippen LogP contribution in [-0.2, 0) is 20.8 Å². The van der Waals surface area contributed by atoms with E-state index in [1.54, 1.807) is 12.1 Å². The van der Waals surface area contributed by atoms with E-state index in [1.165, 1.54) is 7.11 Å². The fourth-order valence-electron chi connectivity index (χ4n) is 2.07. The highest BCUT2D eigenvalue weighted by molar-refractivity contribution is 5.76. The van der Waals surface area contributed by atoms with Crippen molar-refractivity contribution in [3.05, 3.63) is 35.4 Å². The van der Waals surface area contributed by atoms with Crippen molar-refractivity contribution in [2.45, 2.75) is 12.6 Å². The van der Waals surface area contributed by atoms with Gasteiger partial charge in [-0.25, -0.2) is 4.79 Å². The Hall–Kier alpha value is -1.43. The lowest BCUT2D eigenvalue weighted by molar-refractivity contribution is -0.150. The molecule has 0 bridgehead atoms. The number of aliphatic hydroxyl groups excluding tert-OH is 1. The minimum absolute atomic E-state index is 0.553. The Balaban J connectivity index is 1.95. The smallest absolute Gasteiger partial charge is 0.339 e. The maximum atomic E-state index is 11.2. The van der Waals surface area contributed by atoms with Gasteiger partial charge < -0.3 is 14.6 Å². The summed E-state index contributed by atoms with van der Waals surface area (Å²) in [5.41, 5.74) is 1.71. The molecule has 1 fully saturated rings. The summed E-state index contributed by atoms with van der Waals surface area (Å²) in [5, 5.41) is 9.70. The lowest BCUT2D eigenvalue weighted by Crippen LogP contribution is -2.35. The Kier molecular flexibility index (Phi) is 4.90. The van der Waals surface area contributed by atoms with Crippen LogP contribution in [0.15, 0.2) is 24.3 Å². The highest BCUT2D eigenvalue weighted by atomic mass is 16.5. The van der Waals surface area contributed by atoms with Gasteiger partial charge in [0.2, 0.25) is 0 Å². The number of methoxy groups -OCH3 is 1. The van der Waals surface area contributed by atoms with Gasteiger partial charge in [-0.2, -0.15) is 0 Å². The molecule has 1 heterocycles. The molecule has 0 radical (unpaired) electrons. The van der Waals surface area contributed by atoms with Gasteiger partial charge in [-0.3, -0.25) is 4.90 Å². The van der Waals surface area contributed by atoms with Crippen LogP contribution in [0, 0.1) is 0 Å². The van der Waals surface area contributed by atoms with E-state index in [2.05, 4.69) is 9.64 Å². The number of benzene rings is 1. The summed E-state index contributed by atoms with van der Waals surface area (Å²) in [6.45, 7) is 4.29. The number of esters is 1. The van der Waals surface area contributed by atoms with Gasteiger partial charge in [0, 0.05) is 19.6 Å².